The summed E-state index contributed by atoms with van der Waals surface area (Å²) in [6, 6.07) is 17.0. The van der Waals surface area contributed by atoms with Gasteiger partial charge >= 0.3 is 6.03 Å². The number of anilines is 1. The zero-order valence-corrected chi connectivity index (χ0v) is 28.5. The molecule has 3 heterocycles. The van der Waals surface area contributed by atoms with Crippen LogP contribution < -0.4 is 15.8 Å². The highest BCUT2D eigenvalue weighted by atomic mass is 35.5. The van der Waals surface area contributed by atoms with Crippen molar-refractivity contribution in [2.45, 2.75) is 51.6 Å². The van der Waals surface area contributed by atoms with Crippen LogP contribution in [0.25, 0.3) is 10.2 Å². The van der Waals surface area contributed by atoms with E-state index in [1.807, 2.05) is 56.3 Å². The molecule has 11 nitrogen and oxygen atoms in total. The number of halogens is 2. The highest BCUT2D eigenvalue weighted by Crippen LogP contribution is 2.33. The lowest BCUT2D eigenvalue weighted by atomic mass is 9.99. The first-order valence-electron chi connectivity index (χ1n) is 15.2. The summed E-state index contributed by atoms with van der Waals surface area (Å²) in [6.07, 6.45) is -0.282. The largest absolute Gasteiger partial charge is 0.497 e. The summed E-state index contributed by atoms with van der Waals surface area (Å²) < 4.78 is 6.25. The zero-order valence-electron chi connectivity index (χ0n) is 26.2. The summed E-state index contributed by atoms with van der Waals surface area (Å²) in [5.41, 5.74) is 9.30. The standard InChI is InChI=1S/C33H35Cl2N7O4S/c1-19(2)42(33(45)37-15-21-9-12-24(34)25(35)13-21)40-18-29(43)41-26(14-20-7-10-23(46-3)11-8-20)31(44)39(17-28(40)41)16-22-5-4-6-27-30(22)38-32(36)47-27/h4-13,19,26,28H,14-18H2,1-3H3,(H2,36,38)(H,37,45)/t26-,28+/m0/s1. The van der Waals surface area contributed by atoms with Gasteiger partial charge in [0.25, 0.3) is 0 Å². The fraction of sp³-hybridized carbons (Fsp3) is 0.333. The Morgan fingerprint density at radius 3 is 2.55 bits per heavy atom. The lowest BCUT2D eigenvalue weighted by molar-refractivity contribution is -0.158. The van der Waals surface area contributed by atoms with E-state index < -0.39 is 12.2 Å². The van der Waals surface area contributed by atoms with E-state index in [1.54, 1.807) is 45.1 Å². The van der Waals surface area contributed by atoms with Crippen LogP contribution in [0.5, 0.6) is 5.75 Å². The minimum Gasteiger partial charge on any atom is -0.497 e. The van der Waals surface area contributed by atoms with E-state index in [4.69, 9.17) is 33.7 Å². The maximum Gasteiger partial charge on any atom is 0.332 e. The first kappa shape index (κ1) is 32.8. The van der Waals surface area contributed by atoms with Crippen molar-refractivity contribution in [2.24, 2.45) is 0 Å². The normalized spacial score (nSPS) is 18.3. The number of amides is 4. The summed E-state index contributed by atoms with van der Waals surface area (Å²) >= 11 is 13.6. The van der Waals surface area contributed by atoms with Gasteiger partial charge in [-0.05, 0) is 60.9 Å². The van der Waals surface area contributed by atoms with Gasteiger partial charge in [-0.3, -0.25) is 14.6 Å². The number of hydrazine groups is 1. The molecule has 0 radical (unpaired) electrons. The topological polar surface area (TPSA) is 124 Å². The Hall–Kier alpha value is -4.10. The molecule has 4 aromatic rings. The number of carbonyl (C=O) groups is 3. The number of nitrogens with two attached hydrogens (primary N) is 1. The number of piperazine rings is 1. The second-order valence-corrected chi connectivity index (χ2v) is 13.7. The predicted octanol–water partition coefficient (Wildman–Crippen LogP) is 5.15. The average Bonchev–Trinajstić information content (AvgIpc) is 3.58. The third-order valence-electron chi connectivity index (χ3n) is 8.44. The van der Waals surface area contributed by atoms with Crippen molar-refractivity contribution in [3.63, 3.8) is 0 Å². The van der Waals surface area contributed by atoms with Gasteiger partial charge in [-0.1, -0.05) is 64.9 Å². The van der Waals surface area contributed by atoms with Crippen LogP contribution in [0.2, 0.25) is 10.0 Å². The lowest BCUT2D eigenvalue weighted by Gasteiger charge is -2.47. The Morgan fingerprint density at radius 1 is 1.11 bits per heavy atom. The number of aromatic nitrogens is 1. The van der Waals surface area contributed by atoms with Gasteiger partial charge in [0.1, 0.15) is 18.0 Å². The van der Waals surface area contributed by atoms with E-state index in [0.29, 0.717) is 27.3 Å². The number of rotatable bonds is 9. The first-order valence-corrected chi connectivity index (χ1v) is 16.8. The maximum atomic E-state index is 14.3. The van der Waals surface area contributed by atoms with Crippen molar-refractivity contribution < 1.29 is 19.1 Å². The van der Waals surface area contributed by atoms with Crippen LogP contribution in [-0.4, -0.2) is 81.1 Å². The number of carbonyl (C=O) groups excluding carboxylic acids is 3. The highest BCUT2D eigenvalue weighted by Gasteiger charge is 2.52. The molecular formula is C33H35Cl2N7O4S. The number of urea groups is 1. The number of nitrogens with zero attached hydrogens (tertiary/aromatic N) is 5. The second-order valence-electron chi connectivity index (χ2n) is 11.8. The van der Waals surface area contributed by atoms with E-state index >= 15 is 0 Å². The Bertz CT molecular complexity index is 1820. The predicted molar refractivity (Wildman–Crippen MR) is 183 cm³/mol. The molecule has 0 bridgehead atoms. The molecule has 246 valence electrons. The van der Waals surface area contributed by atoms with E-state index in [1.165, 1.54) is 11.3 Å². The van der Waals surface area contributed by atoms with Gasteiger partial charge in [0.05, 0.1) is 40.5 Å². The van der Waals surface area contributed by atoms with E-state index in [-0.39, 0.29) is 50.1 Å². The molecule has 4 amide bonds. The van der Waals surface area contributed by atoms with E-state index in [9.17, 15) is 14.4 Å². The quantitative estimate of drug-likeness (QED) is 0.248. The van der Waals surface area contributed by atoms with Crippen LogP contribution in [0.1, 0.15) is 30.5 Å². The molecule has 0 unspecified atom stereocenters. The van der Waals surface area contributed by atoms with E-state index in [0.717, 1.165) is 26.9 Å². The molecule has 0 aliphatic carbocycles. The lowest BCUT2D eigenvalue weighted by Crippen LogP contribution is -2.66. The van der Waals surface area contributed by atoms with Crippen LogP contribution in [-0.2, 0) is 29.1 Å². The number of hydrogen-bond acceptors (Lipinski definition) is 8. The Labute approximate surface area is 286 Å². The number of thiazole rings is 1. The van der Waals surface area contributed by atoms with Gasteiger partial charge in [0.2, 0.25) is 11.8 Å². The van der Waals surface area contributed by atoms with E-state index in [2.05, 4.69) is 10.3 Å². The number of hydrogen-bond donors (Lipinski definition) is 2. The van der Waals surface area contributed by atoms with Crippen LogP contribution in [0.15, 0.2) is 60.7 Å². The van der Waals surface area contributed by atoms with Crippen LogP contribution in [0.4, 0.5) is 9.93 Å². The number of benzene rings is 3. The Morgan fingerprint density at radius 2 is 1.85 bits per heavy atom. The molecule has 0 spiro atoms. The molecule has 2 atom stereocenters. The molecule has 2 aliphatic heterocycles. The number of nitrogens with one attached hydrogen (secondary N) is 1. The van der Waals surface area contributed by atoms with Crippen molar-refractivity contribution in [2.75, 3.05) is 25.9 Å². The molecule has 2 fully saturated rings. The molecule has 1 aromatic heterocycles. The maximum absolute atomic E-state index is 14.3. The number of methoxy groups -OCH3 is 1. The van der Waals surface area contributed by atoms with Gasteiger partial charge in [-0.15, -0.1) is 0 Å². The fourth-order valence-electron chi connectivity index (χ4n) is 6.26. The average molecular weight is 697 g/mol. The van der Waals surface area contributed by atoms with Crippen molar-refractivity contribution in [1.29, 1.82) is 0 Å². The number of ether oxygens (including phenoxy) is 1. The SMILES string of the molecule is COc1ccc(C[C@H]2C(=O)N(Cc3cccc4sc(N)nc34)C[C@H]3N2C(=O)CN3N(C(=O)NCc2ccc(Cl)c(Cl)c2)C(C)C)cc1. The summed E-state index contributed by atoms with van der Waals surface area (Å²) in [5.74, 6) is 0.299. The smallest absolute Gasteiger partial charge is 0.332 e. The van der Waals surface area contributed by atoms with Crippen molar-refractivity contribution in [1.82, 2.24) is 30.1 Å². The van der Waals surface area contributed by atoms with Gasteiger partial charge in [0.15, 0.2) is 5.13 Å². The third-order valence-corrected chi connectivity index (χ3v) is 10.0. The molecule has 2 saturated heterocycles. The third kappa shape index (κ3) is 6.68. The molecule has 6 rings (SSSR count). The summed E-state index contributed by atoms with van der Waals surface area (Å²) in [4.78, 5) is 49.8. The van der Waals surface area contributed by atoms with Crippen molar-refractivity contribution in [3.8, 4) is 5.75 Å². The molecule has 47 heavy (non-hydrogen) atoms. The molecule has 3 aromatic carbocycles. The minimum atomic E-state index is -0.785. The number of para-hydroxylation sites is 1. The molecule has 14 heteroatoms. The summed E-state index contributed by atoms with van der Waals surface area (Å²) in [7, 11) is 1.59. The molecule has 2 aliphatic rings. The molecular weight excluding hydrogens is 661 g/mol. The monoisotopic (exact) mass is 695 g/mol. The van der Waals surface area contributed by atoms with Crippen LogP contribution in [0.3, 0.4) is 0 Å². The fourth-order valence-corrected chi connectivity index (χ4v) is 7.36. The molecule has 0 saturated carbocycles. The van der Waals surface area contributed by atoms with Crippen LogP contribution >= 0.6 is 34.5 Å². The highest BCUT2D eigenvalue weighted by molar-refractivity contribution is 7.22. The van der Waals surface area contributed by atoms with Gasteiger partial charge < -0.3 is 25.6 Å². The molecule has 3 N–H and O–H groups in total. The minimum absolute atomic E-state index is 0.0541. The number of nitrogen functional groups attached to an aromatic ring is 1. The van der Waals surface area contributed by atoms with Gasteiger partial charge in [0, 0.05) is 25.6 Å². The van der Waals surface area contributed by atoms with Crippen LogP contribution in [0, 0.1) is 0 Å². The Balaban J connectivity index is 1.31. The van der Waals surface area contributed by atoms with Gasteiger partial charge in [-0.2, -0.15) is 5.01 Å². The second kappa shape index (κ2) is 13.6. The van der Waals surface area contributed by atoms with Crippen molar-refractivity contribution in [3.05, 3.63) is 87.4 Å². The Kier molecular flexibility index (Phi) is 9.47. The van der Waals surface area contributed by atoms with Gasteiger partial charge in [-0.25, -0.2) is 9.78 Å². The summed E-state index contributed by atoms with van der Waals surface area (Å²) in [5, 5.41) is 7.58. The number of fused-ring (bicyclic) bond motifs is 2. The van der Waals surface area contributed by atoms with Crippen molar-refractivity contribution >= 4 is 67.7 Å². The first-order chi connectivity index (χ1) is 22.5. The summed E-state index contributed by atoms with van der Waals surface area (Å²) in [6.45, 7) is 4.40. The zero-order chi connectivity index (χ0) is 33.4.